The van der Waals surface area contributed by atoms with Crippen LogP contribution in [0.5, 0.6) is 0 Å². The van der Waals surface area contributed by atoms with Gasteiger partial charge in [-0.3, -0.25) is 4.79 Å². The van der Waals surface area contributed by atoms with Gasteiger partial charge in [-0.2, -0.15) is 132 Å². The van der Waals surface area contributed by atoms with E-state index in [1.54, 1.807) is 0 Å². The molecular formula is C33H32F30O12. The minimum absolute atomic E-state index is 0.516. The van der Waals surface area contributed by atoms with Gasteiger partial charge in [-0.25, -0.2) is 4.79 Å². The lowest BCUT2D eigenvalue weighted by Crippen LogP contribution is -2.43. The van der Waals surface area contributed by atoms with Crippen molar-refractivity contribution in [2.45, 2.75) is 104 Å². The topological polar surface area (TPSA) is 137 Å². The molecule has 0 aliphatic rings. The zero-order valence-electron chi connectivity index (χ0n) is 35.9. The van der Waals surface area contributed by atoms with E-state index >= 15 is 0 Å². The van der Waals surface area contributed by atoms with Crippen molar-refractivity contribution in [3.05, 3.63) is 11.6 Å². The molecule has 446 valence electrons. The molecule has 1 atom stereocenters. The van der Waals surface area contributed by atoms with E-state index in [-0.39, 0.29) is 0 Å². The number of alkyl halides is 30. The first-order valence-corrected chi connectivity index (χ1v) is 18.8. The fourth-order valence-electron chi connectivity index (χ4n) is 3.98. The smallest absolute Gasteiger partial charge is 0.455 e. The first kappa shape index (κ1) is 71.3. The number of aliphatic hydroxyl groups is 1. The number of esters is 2. The van der Waals surface area contributed by atoms with E-state index in [4.69, 9.17) is 0 Å². The van der Waals surface area contributed by atoms with Gasteiger partial charge in [0.2, 0.25) is 0 Å². The van der Waals surface area contributed by atoms with Crippen LogP contribution in [0.3, 0.4) is 0 Å². The van der Waals surface area contributed by atoms with E-state index in [2.05, 4.69) is 42.6 Å². The minimum Gasteiger partial charge on any atom is -0.457 e. The Labute approximate surface area is 396 Å². The Morgan fingerprint density at radius 3 is 0.787 bits per heavy atom. The Balaban J connectivity index is 7.35. The van der Waals surface area contributed by atoms with Crippen LogP contribution in [0, 0.1) is 0 Å². The maximum absolute atomic E-state index is 13.5. The summed E-state index contributed by atoms with van der Waals surface area (Å²) in [5, 5.41) is 10.7. The number of carbonyl (C=O) groups is 2. The molecule has 0 bridgehead atoms. The van der Waals surface area contributed by atoms with Gasteiger partial charge in [-0.15, -0.1) is 0 Å². The molecule has 0 aromatic rings. The summed E-state index contributed by atoms with van der Waals surface area (Å²) in [5.41, 5.74) is -1.79. The van der Waals surface area contributed by atoms with Gasteiger partial charge in [0.15, 0.2) is 6.29 Å². The van der Waals surface area contributed by atoms with Crippen LogP contribution in [0.4, 0.5) is 132 Å². The lowest BCUT2D eigenvalue weighted by Gasteiger charge is -2.26. The molecule has 0 fully saturated rings. The molecule has 75 heavy (non-hydrogen) atoms. The quantitative estimate of drug-likeness (QED) is 0.0298. The van der Waals surface area contributed by atoms with Crippen molar-refractivity contribution in [2.75, 3.05) is 79.3 Å². The van der Waals surface area contributed by atoms with Crippen LogP contribution in [0.15, 0.2) is 11.6 Å². The van der Waals surface area contributed by atoms with Crippen molar-refractivity contribution in [3.8, 4) is 0 Å². The Bertz CT molecular complexity index is 1680. The summed E-state index contributed by atoms with van der Waals surface area (Å²) in [4.78, 5) is 25.8. The van der Waals surface area contributed by atoms with E-state index in [1.165, 1.54) is 0 Å². The van der Waals surface area contributed by atoms with E-state index in [1.807, 2.05) is 0 Å². The van der Waals surface area contributed by atoms with Crippen molar-refractivity contribution in [2.24, 2.45) is 0 Å². The second-order valence-corrected chi connectivity index (χ2v) is 14.5. The number of hydrogen-bond donors (Lipinski definition) is 1. The number of rotatable bonds is 32. The second kappa shape index (κ2) is 26.7. The molecule has 0 aromatic heterocycles. The van der Waals surface area contributed by atoms with Gasteiger partial charge in [-0.05, 0) is 0 Å². The molecule has 0 aromatic carbocycles. The Morgan fingerprint density at radius 2 is 0.560 bits per heavy atom. The van der Waals surface area contributed by atoms with Crippen LogP contribution in [-0.2, 0) is 52.2 Å². The molecule has 0 radical (unpaired) electrons. The normalized spacial score (nSPS) is 15.4. The highest BCUT2D eigenvalue weighted by atomic mass is 19.5. The van der Waals surface area contributed by atoms with E-state index in [9.17, 15) is 146 Å². The van der Waals surface area contributed by atoms with Crippen LogP contribution in [0.25, 0.3) is 0 Å². The number of aliphatic hydroxyl groups excluding tert-OH is 1. The van der Waals surface area contributed by atoms with Crippen molar-refractivity contribution < 1.29 is 189 Å². The third-order valence-electron chi connectivity index (χ3n) is 7.88. The monoisotopic (exact) mass is 1190 g/mol. The van der Waals surface area contributed by atoms with Gasteiger partial charge in [0.25, 0.3) is 0 Å². The highest BCUT2D eigenvalue weighted by Gasteiger charge is 2.62. The maximum atomic E-state index is 13.5. The average Bonchev–Trinajstić information content (AvgIpc) is 3.17. The van der Waals surface area contributed by atoms with Gasteiger partial charge in [0.1, 0.15) is 58.0 Å². The predicted octanol–water partition coefficient (Wildman–Crippen LogP) is 9.12. The predicted molar refractivity (Wildman–Crippen MR) is 174 cm³/mol. The van der Waals surface area contributed by atoms with Crippen molar-refractivity contribution >= 4 is 11.9 Å². The highest BCUT2D eigenvalue weighted by Crippen LogP contribution is 2.40. The molecule has 0 aliphatic carbocycles. The highest BCUT2D eigenvalue weighted by molar-refractivity contribution is 5.85. The largest absolute Gasteiger partial charge is 0.457 e. The number of carbonyl (C=O) groups excluding carboxylic acids is 2. The van der Waals surface area contributed by atoms with Gasteiger partial charge in [0, 0.05) is 11.6 Å². The molecule has 42 heteroatoms. The molecule has 12 nitrogen and oxygen atoms in total. The molecule has 1 N–H and O–H groups in total. The molecule has 1 unspecified atom stereocenters. The molecule has 0 amide bonds. The van der Waals surface area contributed by atoms with E-state index in [0.29, 0.717) is 0 Å². The van der Waals surface area contributed by atoms with Crippen LogP contribution in [-0.4, -0.2) is 194 Å². The van der Waals surface area contributed by atoms with Gasteiger partial charge < -0.3 is 47.7 Å². The molecular weight excluding hydrogens is 1160 g/mol. The molecule has 0 saturated heterocycles. The standard InChI is InChI=1S/C33H32F30O12/c34-22(35,28(46,47)48)9-67-3-16(4-68-10-23(36,37)29(49,50)51)73-19(64)1-15(21(66)75-18(7-71-13-26(42,43)32(58,59)60)8-72-14-27(44,45)33(61,62)63)2-20(65)74-17(5-69-11-24(38,39)30(52,53)54)6-70-12-25(40,41)31(55,56)57/h1,16-18,21,66H,2-14H2/b15-1-. The van der Waals surface area contributed by atoms with Crippen LogP contribution in [0.2, 0.25) is 0 Å². The zero-order chi connectivity index (χ0) is 59.3. The second-order valence-electron chi connectivity index (χ2n) is 14.5. The van der Waals surface area contributed by atoms with Gasteiger partial charge in [-0.1, -0.05) is 0 Å². The van der Waals surface area contributed by atoms with Crippen molar-refractivity contribution in [3.63, 3.8) is 0 Å². The summed E-state index contributed by atoms with van der Waals surface area (Å²) >= 11 is 0. The summed E-state index contributed by atoms with van der Waals surface area (Å²) < 4.78 is 425. The first-order valence-electron chi connectivity index (χ1n) is 18.8. The van der Waals surface area contributed by atoms with Crippen molar-refractivity contribution in [1.29, 1.82) is 0 Å². The van der Waals surface area contributed by atoms with Gasteiger partial charge in [0.05, 0.1) is 46.1 Å². The lowest BCUT2D eigenvalue weighted by molar-refractivity contribution is -0.303. The number of hydrogen-bond acceptors (Lipinski definition) is 12. The van der Waals surface area contributed by atoms with E-state index < -0.39 is 206 Å². The molecule has 0 rings (SSSR count). The number of halogens is 30. The van der Waals surface area contributed by atoms with Crippen LogP contribution < -0.4 is 0 Å². The summed E-state index contributed by atoms with van der Waals surface area (Å²) in [6, 6.07) is 0. The minimum atomic E-state index is -6.47. The van der Waals surface area contributed by atoms with Crippen LogP contribution >= 0.6 is 0 Å². The zero-order valence-corrected chi connectivity index (χ0v) is 35.9. The summed E-state index contributed by atoms with van der Waals surface area (Å²) in [7, 11) is 0. The average molecular weight is 1190 g/mol. The third kappa shape index (κ3) is 24.2. The Morgan fingerprint density at radius 1 is 0.347 bits per heavy atom. The number of ether oxygens (including phenoxy) is 9. The molecule has 0 aliphatic heterocycles. The lowest BCUT2D eigenvalue weighted by atomic mass is 10.1. The maximum Gasteiger partial charge on any atom is 0.455 e. The molecule has 0 spiro atoms. The van der Waals surface area contributed by atoms with Crippen molar-refractivity contribution in [1.82, 2.24) is 0 Å². The summed E-state index contributed by atoms with van der Waals surface area (Å²) in [5.74, 6) is -39.8. The fourth-order valence-corrected chi connectivity index (χ4v) is 3.98. The Hall–Kier alpha value is -3.74. The summed E-state index contributed by atoms with van der Waals surface area (Å²) in [6.45, 7) is -28.6. The van der Waals surface area contributed by atoms with Crippen LogP contribution in [0.1, 0.15) is 6.42 Å². The molecule has 0 heterocycles. The molecule has 0 saturated carbocycles. The fraction of sp³-hybridized carbons (Fsp3) is 0.879. The van der Waals surface area contributed by atoms with Gasteiger partial charge >= 0.3 is 84.5 Å². The third-order valence-corrected chi connectivity index (χ3v) is 7.88. The first-order chi connectivity index (χ1) is 33.2. The summed E-state index contributed by atoms with van der Waals surface area (Å²) in [6.07, 6.45) is -53.3. The SMILES string of the molecule is O=C(/C=C(/CC(=O)OC(COCC(F)(F)C(F)(F)F)COCC(F)(F)C(F)(F)F)C(O)OC(COCC(F)(F)C(F)(F)F)COCC(F)(F)C(F)(F)F)OC(COCC(F)(F)C(F)(F)F)COCC(F)(F)C(F)(F)F. The Kier molecular flexibility index (Phi) is 25.4. The van der Waals surface area contributed by atoms with E-state index in [0.717, 1.165) is 0 Å².